The number of rotatable bonds is 3. The van der Waals surface area contributed by atoms with E-state index in [0.29, 0.717) is 16.4 Å². The summed E-state index contributed by atoms with van der Waals surface area (Å²) in [6.07, 6.45) is 0. The number of aryl methyl sites for hydroxylation is 1. The van der Waals surface area contributed by atoms with Gasteiger partial charge in [-0.1, -0.05) is 48.0 Å². The first-order valence-corrected chi connectivity index (χ1v) is 7.78. The van der Waals surface area contributed by atoms with Crippen molar-refractivity contribution in [2.45, 2.75) is 6.92 Å². The molecule has 0 aliphatic rings. The smallest absolute Gasteiger partial charge is 0.261 e. The van der Waals surface area contributed by atoms with Crippen LogP contribution in [-0.4, -0.2) is 10.9 Å². The van der Waals surface area contributed by atoms with E-state index in [1.807, 2.05) is 37.3 Å². The molecule has 0 aliphatic carbocycles. The topological polar surface area (TPSA) is 62.0 Å². The summed E-state index contributed by atoms with van der Waals surface area (Å²) in [6, 6.07) is 17.9. The molecule has 120 valence electrons. The minimum Gasteiger partial charge on any atom is -0.322 e. The Bertz CT molecular complexity index is 949. The van der Waals surface area contributed by atoms with Gasteiger partial charge in [-0.15, -0.1) is 0 Å². The predicted molar refractivity (Wildman–Crippen MR) is 96.6 cm³/mol. The summed E-state index contributed by atoms with van der Waals surface area (Å²) >= 11 is 6.04. The van der Waals surface area contributed by atoms with Crippen LogP contribution in [0.3, 0.4) is 0 Å². The van der Waals surface area contributed by atoms with Crippen molar-refractivity contribution in [3.8, 4) is 11.3 Å². The van der Waals surface area contributed by atoms with Crippen molar-refractivity contribution in [3.63, 3.8) is 0 Å². The summed E-state index contributed by atoms with van der Waals surface area (Å²) in [5, 5.41) is 3.24. The van der Waals surface area contributed by atoms with Gasteiger partial charge < -0.3 is 10.3 Å². The van der Waals surface area contributed by atoms with Gasteiger partial charge in [-0.05, 0) is 42.3 Å². The lowest BCUT2D eigenvalue weighted by atomic mass is 10.1. The Kier molecular flexibility index (Phi) is 4.49. The van der Waals surface area contributed by atoms with Gasteiger partial charge in [0.25, 0.3) is 11.5 Å². The monoisotopic (exact) mass is 338 g/mol. The van der Waals surface area contributed by atoms with Crippen molar-refractivity contribution in [1.29, 1.82) is 0 Å². The zero-order valence-corrected chi connectivity index (χ0v) is 13.7. The fraction of sp³-hybridized carbons (Fsp3) is 0.0526. The molecule has 0 atom stereocenters. The van der Waals surface area contributed by atoms with Crippen LogP contribution in [0.5, 0.6) is 0 Å². The van der Waals surface area contributed by atoms with Crippen LogP contribution in [0.4, 0.5) is 5.69 Å². The fourth-order valence-electron chi connectivity index (χ4n) is 2.31. The van der Waals surface area contributed by atoms with Crippen LogP contribution in [0, 0.1) is 6.92 Å². The molecule has 1 heterocycles. The van der Waals surface area contributed by atoms with E-state index in [2.05, 4.69) is 10.3 Å². The van der Waals surface area contributed by atoms with Crippen LogP contribution < -0.4 is 10.9 Å². The zero-order valence-electron chi connectivity index (χ0n) is 13.0. The minimum absolute atomic E-state index is 0.0476. The van der Waals surface area contributed by atoms with Crippen molar-refractivity contribution in [3.05, 3.63) is 87.2 Å². The lowest BCUT2D eigenvalue weighted by Crippen LogP contribution is -2.23. The number of carbonyl (C=O) groups excluding carboxylic acids is 1. The van der Waals surface area contributed by atoms with Gasteiger partial charge in [-0.25, -0.2) is 0 Å². The highest BCUT2D eigenvalue weighted by molar-refractivity contribution is 6.31. The van der Waals surface area contributed by atoms with Crippen molar-refractivity contribution < 1.29 is 4.79 Å². The van der Waals surface area contributed by atoms with Gasteiger partial charge in [0.15, 0.2) is 0 Å². The van der Waals surface area contributed by atoms with E-state index in [1.165, 1.54) is 6.07 Å². The zero-order chi connectivity index (χ0) is 17.1. The number of benzene rings is 2. The molecule has 3 rings (SSSR count). The third-order valence-corrected chi connectivity index (χ3v) is 4.08. The van der Waals surface area contributed by atoms with Gasteiger partial charge in [0, 0.05) is 16.4 Å². The Morgan fingerprint density at radius 3 is 2.46 bits per heavy atom. The van der Waals surface area contributed by atoms with Crippen molar-refractivity contribution in [2.75, 3.05) is 5.32 Å². The van der Waals surface area contributed by atoms with Crippen LogP contribution in [0.15, 0.2) is 65.5 Å². The molecule has 0 saturated heterocycles. The van der Waals surface area contributed by atoms with Crippen LogP contribution in [-0.2, 0) is 0 Å². The molecule has 0 fully saturated rings. The van der Waals surface area contributed by atoms with Gasteiger partial charge >= 0.3 is 0 Å². The van der Waals surface area contributed by atoms with Crippen molar-refractivity contribution in [1.82, 2.24) is 4.98 Å². The molecule has 0 unspecified atom stereocenters. The first-order valence-electron chi connectivity index (χ1n) is 7.41. The lowest BCUT2D eigenvalue weighted by Gasteiger charge is -2.07. The first kappa shape index (κ1) is 16.0. The highest BCUT2D eigenvalue weighted by Gasteiger charge is 2.12. The highest BCUT2D eigenvalue weighted by Crippen LogP contribution is 2.20. The second-order valence-electron chi connectivity index (χ2n) is 5.40. The van der Waals surface area contributed by atoms with Gasteiger partial charge in [-0.3, -0.25) is 9.59 Å². The van der Waals surface area contributed by atoms with Gasteiger partial charge in [-0.2, -0.15) is 0 Å². The summed E-state index contributed by atoms with van der Waals surface area (Å²) in [5.41, 5.74) is 2.61. The van der Waals surface area contributed by atoms with E-state index < -0.39 is 11.5 Å². The number of aromatic nitrogens is 1. The SMILES string of the molecule is Cc1ccc(NC(=O)c2ccc(-c3ccccc3)[nH]c2=O)cc1Cl. The number of pyridine rings is 1. The molecule has 0 aliphatic heterocycles. The molecule has 2 aromatic carbocycles. The number of hydrogen-bond donors (Lipinski definition) is 2. The Labute approximate surface area is 144 Å². The molecule has 1 amide bonds. The Morgan fingerprint density at radius 1 is 1.04 bits per heavy atom. The second-order valence-corrected chi connectivity index (χ2v) is 5.81. The highest BCUT2D eigenvalue weighted by atomic mass is 35.5. The fourth-order valence-corrected chi connectivity index (χ4v) is 2.49. The average molecular weight is 339 g/mol. The van der Waals surface area contributed by atoms with Crippen molar-refractivity contribution >= 4 is 23.2 Å². The van der Waals surface area contributed by atoms with Crippen LogP contribution >= 0.6 is 11.6 Å². The second kappa shape index (κ2) is 6.72. The average Bonchev–Trinajstić information content (AvgIpc) is 2.59. The number of aromatic amines is 1. The normalized spacial score (nSPS) is 10.4. The Hall–Kier alpha value is -2.85. The lowest BCUT2D eigenvalue weighted by molar-refractivity contribution is 0.102. The van der Waals surface area contributed by atoms with E-state index in [0.717, 1.165) is 11.1 Å². The minimum atomic E-state index is -0.476. The molecule has 0 spiro atoms. The number of anilines is 1. The molecule has 0 radical (unpaired) electrons. The molecule has 0 saturated carbocycles. The molecule has 5 heteroatoms. The van der Waals surface area contributed by atoms with Gasteiger partial charge in [0.1, 0.15) is 5.56 Å². The molecule has 3 aromatic rings. The largest absolute Gasteiger partial charge is 0.322 e. The molecule has 2 N–H and O–H groups in total. The van der Waals surface area contributed by atoms with Crippen LogP contribution in [0.2, 0.25) is 5.02 Å². The molecule has 4 nitrogen and oxygen atoms in total. The van der Waals surface area contributed by atoms with E-state index >= 15 is 0 Å². The molecule has 0 bridgehead atoms. The number of carbonyl (C=O) groups is 1. The third kappa shape index (κ3) is 3.39. The first-order chi connectivity index (χ1) is 11.5. The van der Waals surface area contributed by atoms with E-state index in [9.17, 15) is 9.59 Å². The number of amides is 1. The Morgan fingerprint density at radius 2 is 1.79 bits per heavy atom. The molecular weight excluding hydrogens is 324 g/mol. The maximum absolute atomic E-state index is 12.3. The predicted octanol–water partition coefficient (Wildman–Crippen LogP) is 4.26. The molecule has 1 aromatic heterocycles. The third-order valence-electron chi connectivity index (χ3n) is 3.67. The number of hydrogen-bond acceptors (Lipinski definition) is 2. The van der Waals surface area contributed by atoms with Gasteiger partial charge in [0.05, 0.1) is 0 Å². The maximum Gasteiger partial charge on any atom is 0.261 e. The van der Waals surface area contributed by atoms with Gasteiger partial charge in [0.2, 0.25) is 0 Å². The summed E-state index contributed by atoms with van der Waals surface area (Å²) in [5.74, 6) is -0.476. The maximum atomic E-state index is 12.3. The number of halogens is 1. The number of nitrogens with one attached hydrogen (secondary N) is 2. The quantitative estimate of drug-likeness (QED) is 0.749. The van der Waals surface area contributed by atoms with E-state index in [4.69, 9.17) is 11.6 Å². The van der Waals surface area contributed by atoms with E-state index in [-0.39, 0.29) is 5.56 Å². The van der Waals surface area contributed by atoms with E-state index in [1.54, 1.807) is 24.3 Å². The summed E-state index contributed by atoms with van der Waals surface area (Å²) in [7, 11) is 0. The van der Waals surface area contributed by atoms with Crippen LogP contribution in [0.25, 0.3) is 11.3 Å². The summed E-state index contributed by atoms with van der Waals surface area (Å²) in [4.78, 5) is 27.3. The van der Waals surface area contributed by atoms with Crippen molar-refractivity contribution in [2.24, 2.45) is 0 Å². The van der Waals surface area contributed by atoms with Crippen LogP contribution in [0.1, 0.15) is 15.9 Å². The molecular formula is C19H15ClN2O2. The summed E-state index contributed by atoms with van der Waals surface area (Å²) < 4.78 is 0. The number of H-pyrrole nitrogens is 1. The summed E-state index contributed by atoms with van der Waals surface area (Å²) in [6.45, 7) is 1.88. The Balaban J connectivity index is 1.85. The standard InChI is InChI=1S/C19H15ClN2O2/c1-12-7-8-14(11-16(12)20)21-18(23)15-9-10-17(22-19(15)24)13-5-3-2-4-6-13/h2-11H,1H3,(H,21,23)(H,22,24). The molecule has 24 heavy (non-hydrogen) atoms.